The Morgan fingerprint density at radius 2 is 1.92 bits per heavy atom. The standard InChI is InChI=1S/C16H17F3N4O/c17-16(18,19)14-5-4-12(10-21-14)20-11-13-2-1-3-15(22-13)23-6-8-24-9-7-23/h1-5,10,20H,6-9,11H2. The quantitative estimate of drug-likeness (QED) is 0.929. The molecule has 0 spiro atoms. The molecule has 3 heterocycles. The van der Waals surface area contributed by atoms with Crippen LogP contribution in [-0.4, -0.2) is 36.3 Å². The highest BCUT2D eigenvalue weighted by Gasteiger charge is 2.31. The smallest absolute Gasteiger partial charge is 0.378 e. The molecule has 0 bridgehead atoms. The number of alkyl halides is 3. The summed E-state index contributed by atoms with van der Waals surface area (Å²) in [7, 11) is 0. The summed E-state index contributed by atoms with van der Waals surface area (Å²) < 4.78 is 42.8. The van der Waals surface area contributed by atoms with Crippen molar-refractivity contribution in [3.63, 3.8) is 0 Å². The second-order valence-electron chi connectivity index (χ2n) is 5.37. The van der Waals surface area contributed by atoms with Crippen molar-refractivity contribution in [1.82, 2.24) is 9.97 Å². The van der Waals surface area contributed by atoms with Crippen molar-refractivity contribution >= 4 is 11.5 Å². The second kappa shape index (κ2) is 7.04. The lowest BCUT2D eigenvalue weighted by atomic mass is 10.3. The number of hydrogen-bond acceptors (Lipinski definition) is 5. The van der Waals surface area contributed by atoms with Gasteiger partial charge in [-0.15, -0.1) is 0 Å². The number of morpholine rings is 1. The van der Waals surface area contributed by atoms with E-state index in [1.165, 1.54) is 12.3 Å². The average molecular weight is 338 g/mol. The van der Waals surface area contributed by atoms with Crippen LogP contribution in [0, 0.1) is 0 Å². The highest BCUT2D eigenvalue weighted by molar-refractivity contribution is 5.43. The zero-order valence-corrected chi connectivity index (χ0v) is 12.9. The average Bonchev–Trinajstić information content (AvgIpc) is 2.61. The minimum atomic E-state index is -4.42. The molecule has 1 aliphatic heterocycles. The molecule has 128 valence electrons. The van der Waals surface area contributed by atoms with Gasteiger partial charge < -0.3 is 15.0 Å². The Balaban J connectivity index is 1.62. The lowest BCUT2D eigenvalue weighted by Crippen LogP contribution is -2.36. The van der Waals surface area contributed by atoms with Gasteiger partial charge in [0.15, 0.2) is 0 Å². The molecule has 0 aromatic carbocycles. The molecule has 0 aliphatic carbocycles. The fourth-order valence-electron chi connectivity index (χ4n) is 2.39. The summed E-state index contributed by atoms with van der Waals surface area (Å²) in [4.78, 5) is 10.1. The van der Waals surface area contributed by atoms with Gasteiger partial charge in [-0.3, -0.25) is 0 Å². The van der Waals surface area contributed by atoms with Crippen LogP contribution in [0.25, 0.3) is 0 Å². The first-order valence-corrected chi connectivity index (χ1v) is 7.58. The minimum absolute atomic E-state index is 0.408. The molecule has 8 heteroatoms. The van der Waals surface area contributed by atoms with Gasteiger partial charge in [0.2, 0.25) is 0 Å². The monoisotopic (exact) mass is 338 g/mol. The number of ether oxygens (including phenoxy) is 1. The van der Waals surface area contributed by atoms with Gasteiger partial charge in [-0.1, -0.05) is 6.07 Å². The summed E-state index contributed by atoms with van der Waals surface area (Å²) in [5.74, 6) is 0.878. The van der Waals surface area contributed by atoms with Crippen LogP contribution in [0.1, 0.15) is 11.4 Å². The molecule has 0 saturated carbocycles. The topological polar surface area (TPSA) is 50.3 Å². The van der Waals surface area contributed by atoms with Gasteiger partial charge in [0, 0.05) is 13.1 Å². The predicted molar refractivity (Wildman–Crippen MR) is 83.8 cm³/mol. The number of anilines is 2. The molecule has 1 N–H and O–H groups in total. The summed E-state index contributed by atoms with van der Waals surface area (Å²) in [6.45, 7) is 3.37. The van der Waals surface area contributed by atoms with Crippen LogP contribution in [0.3, 0.4) is 0 Å². The van der Waals surface area contributed by atoms with E-state index in [0.717, 1.165) is 30.7 Å². The van der Waals surface area contributed by atoms with E-state index >= 15 is 0 Å². The van der Waals surface area contributed by atoms with Gasteiger partial charge >= 0.3 is 6.18 Å². The Morgan fingerprint density at radius 3 is 2.58 bits per heavy atom. The van der Waals surface area contributed by atoms with E-state index in [4.69, 9.17) is 4.74 Å². The highest BCUT2D eigenvalue weighted by Crippen LogP contribution is 2.27. The highest BCUT2D eigenvalue weighted by atomic mass is 19.4. The van der Waals surface area contributed by atoms with Crippen molar-refractivity contribution in [1.29, 1.82) is 0 Å². The Hall–Kier alpha value is -2.35. The molecule has 0 radical (unpaired) electrons. The van der Waals surface area contributed by atoms with Gasteiger partial charge in [0.25, 0.3) is 0 Å². The number of hydrogen-bond donors (Lipinski definition) is 1. The molecule has 2 aromatic rings. The van der Waals surface area contributed by atoms with Gasteiger partial charge in [-0.05, 0) is 24.3 Å². The summed E-state index contributed by atoms with van der Waals surface area (Å²) in [5.41, 5.74) is 0.418. The molecular formula is C16H17F3N4O. The number of nitrogens with one attached hydrogen (secondary N) is 1. The number of pyridine rings is 2. The summed E-state index contributed by atoms with van der Waals surface area (Å²) in [6.07, 6.45) is -3.25. The third-order valence-corrected chi connectivity index (χ3v) is 3.65. The number of aromatic nitrogens is 2. The zero-order valence-electron chi connectivity index (χ0n) is 12.9. The van der Waals surface area contributed by atoms with Gasteiger partial charge in [-0.2, -0.15) is 13.2 Å². The number of nitrogens with zero attached hydrogens (tertiary/aromatic N) is 3. The van der Waals surface area contributed by atoms with Crippen LogP contribution < -0.4 is 10.2 Å². The van der Waals surface area contributed by atoms with Crippen molar-refractivity contribution in [2.24, 2.45) is 0 Å². The summed E-state index contributed by atoms with van der Waals surface area (Å²) >= 11 is 0. The summed E-state index contributed by atoms with van der Waals surface area (Å²) in [6, 6.07) is 8.05. The largest absolute Gasteiger partial charge is 0.433 e. The fraction of sp³-hybridized carbons (Fsp3) is 0.375. The van der Waals surface area contributed by atoms with E-state index < -0.39 is 11.9 Å². The molecule has 1 aliphatic rings. The molecule has 5 nitrogen and oxygen atoms in total. The minimum Gasteiger partial charge on any atom is -0.378 e. The van der Waals surface area contributed by atoms with E-state index in [-0.39, 0.29) is 0 Å². The maximum atomic E-state index is 12.5. The SMILES string of the molecule is FC(F)(F)c1ccc(NCc2cccc(N3CCOCC3)n2)cn1. The molecule has 24 heavy (non-hydrogen) atoms. The third-order valence-electron chi connectivity index (χ3n) is 3.65. The molecule has 0 atom stereocenters. The maximum absolute atomic E-state index is 12.5. The predicted octanol–water partition coefficient (Wildman–Crippen LogP) is 2.94. The van der Waals surface area contributed by atoms with Crippen LogP contribution in [0.15, 0.2) is 36.5 Å². The third kappa shape index (κ3) is 4.14. The lowest BCUT2D eigenvalue weighted by Gasteiger charge is -2.28. The Morgan fingerprint density at radius 1 is 1.12 bits per heavy atom. The Bertz CT molecular complexity index is 670. The van der Waals surface area contributed by atoms with Crippen molar-refractivity contribution < 1.29 is 17.9 Å². The first-order chi connectivity index (χ1) is 11.5. The Kier molecular flexibility index (Phi) is 4.84. The number of rotatable bonds is 4. The van der Waals surface area contributed by atoms with E-state index in [9.17, 15) is 13.2 Å². The first kappa shape index (κ1) is 16.5. The normalized spacial score (nSPS) is 15.4. The molecular weight excluding hydrogens is 321 g/mol. The van der Waals surface area contributed by atoms with Crippen LogP contribution >= 0.6 is 0 Å². The van der Waals surface area contributed by atoms with E-state index in [1.54, 1.807) is 0 Å². The molecule has 1 saturated heterocycles. The van der Waals surface area contributed by atoms with Gasteiger partial charge in [0.05, 0.1) is 37.3 Å². The van der Waals surface area contributed by atoms with Crippen LogP contribution in [0.2, 0.25) is 0 Å². The molecule has 0 amide bonds. The van der Waals surface area contributed by atoms with Crippen LogP contribution in [0.4, 0.5) is 24.7 Å². The molecule has 2 aromatic heterocycles. The van der Waals surface area contributed by atoms with Gasteiger partial charge in [0.1, 0.15) is 11.5 Å². The van der Waals surface area contributed by atoms with E-state index in [0.29, 0.717) is 25.4 Å². The van der Waals surface area contributed by atoms with Crippen LogP contribution in [0.5, 0.6) is 0 Å². The van der Waals surface area contributed by atoms with Gasteiger partial charge in [-0.25, -0.2) is 9.97 Å². The first-order valence-electron chi connectivity index (χ1n) is 7.58. The molecule has 0 unspecified atom stereocenters. The van der Waals surface area contributed by atoms with Crippen molar-refractivity contribution in [2.45, 2.75) is 12.7 Å². The lowest BCUT2D eigenvalue weighted by molar-refractivity contribution is -0.141. The van der Waals surface area contributed by atoms with E-state index in [1.807, 2.05) is 18.2 Å². The molecule has 1 fully saturated rings. The zero-order chi connectivity index (χ0) is 17.0. The van der Waals surface area contributed by atoms with E-state index in [2.05, 4.69) is 20.2 Å². The van der Waals surface area contributed by atoms with Crippen molar-refractivity contribution in [2.75, 3.05) is 36.5 Å². The Labute approximate surface area is 137 Å². The summed E-state index contributed by atoms with van der Waals surface area (Å²) in [5, 5.41) is 3.03. The molecule has 3 rings (SSSR count). The second-order valence-corrected chi connectivity index (χ2v) is 5.37. The van der Waals surface area contributed by atoms with Crippen LogP contribution in [-0.2, 0) is 17.5 Å². The number of halogens is 3. The fourth-order valence-corrected chi connectivity index (χ4v) is 2.39. The van der Waals surface area contributed by atoms with Crippen molar-refractivity contribution in [3.05, 3.63) is 47.9 Å². The van der Waals surface area contributed by atoms with Crippen molar-refractivity contribution in [3.8, 4) is 0 Å². The maximum Gasteiger partial charge on any atom is 0.433 e.